The Balaban J connectivity index is 0.000000200. The molecule has 0 spiro atoms. The average Bonchev–Trinajstić information content (AvgIpc) is 2.33. The fourth-order valence-corrected chi connectivity index (χ4v) is 1.53. The molecule has 2 aromatic rings. The van der Waals surface area contributed by atoms with Gasteiger partial charge in [0.05, 0.1) is 0 Å². The molecule has 0 unspecified atom stereocenters. The molecule has 19 heavy (non-hydrogen) atoms. The van der Waals surface area contributed by atoms with Gasteiger partial charge in [-0.05, 0) is 47.4 Å². The summed E-state index contributed by atoms with van der Waals surface area (Å²) in [7, 11) is 0. The SMILES string of the molecule is CC(C)(C)c1ccc(O)cc1.Oc1ccc(Cl)cc1. The Kier molecular flexibility index (Phi) is 5.25. The quantitative estimate of drug-likeness (QED) is 0.731. The van der Waals surface area contributed by atoms with Crippen LogP contribution < -0.4 is 0 Å². The van der Waals surface area contributed by atoms with E-state index in [4.69, 9.17) is 21.8 Å². The van der Waals surface area contributed by atoms with Crippen molar-refractivity contribution in [3.8, 4) is 11.5 Å². The summed E-state index contributed by atoms with van der Waals surface area (Å²) in [5.41, 5.74) is 1.42. The van der Waals surface area contributed by atoms with E-state index in [9.17, 15) is 0 Å². The lowest BCUT2D eigenvalue weighted by molar-refractivity contribution is 0.474. The van der Waals surface area contributed by atoms with E-state index in [0.29, 0.717) is 10.8 Å². The van der Waals surface area contributed by atoms with Crippen LogP contribution in [0, 0.1) is 0 Å². The van der Waals surface area contributed by atoms with E-state index in [-0.39, 0.29) is 11.2 Å². The van der Waals surface area contributed by atoms with Gasteiger partial charge in [-0.1, -0.05) is 44.5 Å². The molecule has 0 aliphatic heterocycles. The van der Waals surface area contributed by atoms with Crippen LogP contribution in [0.4, 0.5) is 0 Å². The summed E-state index contributed by atoms with van der Waals surface area (Å²) >= 11 is 5.50. The number of benzene rings is 2. The van der Waals surface area contributed by atoms with Gasteiger partial charge in [0.15, 0.2) is 0 Å². The molecule has 0 aliphatic rings. The van der Waals surface area contributed by atoms with Gasteiger partial charge in [-0.3, -0.25) is 0 Å². The van der Waals surface area contributed by atoms with Crippen molar-refractivity contribution in [1.82, 2.24) is 0 Å². The third kappa shape index (κ3) is 5.66. The van der Waals surface area contributed by atoms with Crippen molar-refractivity contribution in [2.45, 2.75) is 26.2 Å². The molecule has 0 radical (unpaired) electrons. The summed E-state index contributed by atoms with van der Waals surface area (Å²) in [5, 5.41) is 18.4. The van der Waals surface area contributed by atoms with Gasteiger partial charge in [0.25, 0.3) is 0 Å². The zero-order valence-electron chi connectivity index (χ0n) is 11.4. The molecule has 0 atom stereocenters. The van der Waals surface area contributed by atoms with Crippen LogP contribution in [0.2, 0.25) is 5.02 Å². The standard InChI is InChI=1S/C10H14O.C6H5ClO/c1-10(2,3)8-4-6-9(11)7-5-8;7-5-1-3-6(8)4-2-5/h4-7,11H,1-3H3;1-4,8H. The minimum Gasteiger partial charge on any atom is -0.508 e. The fraction of sp³-hybridized carbons (Fsp3) is 0.250. The van der Waals surface area contributed by atoms with E-state index in [0.717, 1.165) is 0 Å². The molecular formula is C16H19ClO2. The van der Waals surface area contributed by atoms with Crippen LogP contribution in [0.3, 0.4) is 0 Å². The van der Waals surface area contributed by atoms with Crippen LogP contribution in [0.5, 0.6) is 11.5 Å². The Morgan fingerprint density at radius 3 is 1.42 bits per heavy atom. The maximum Gasteiger partial charge on any atom is 0.115 e. The molecule has 2 rings (SSSR count). The number of rotatable bonds is 0. The van der Waals surface area contributed by atoms with Crippen molar-refractivity contribution < 1.29 is 10.2 Å². The molecule has 2 N–H and O–H groups in total. The molecule has 0 heterocycles. The molecule has 0 bridgehead atoms. The van der Waals surface area contributed by atoms with Crippen molar-refractivity contribution in [1.29, 1.82) is 0 Å². The summed E-state index contributed by atoms with van der Waals surface area (Å²) in [6.07, 6.45) is 0. The van der Waals surface area contributed by atoms with E-state index in [1.54, 1.807) is 36.4 Å². The molecular weight excluding hydrogens is 260 g/mol. The van der Waals surface area contributed by atoms with Gasteiger partial charge in [-0.2, -0.15) is 0 Å². The van der Waals surface area contributed by atoms with Gasteiger partial charge < -0.3 is 10.2 Å². The van der Waals surface area contributed by atoms with Crippen LogP contribution in [-0.4, -0.2) is 10.2 Å². The summed E-state index contributed by atoms with van der Waals surface area (Å²) in [5.74, 6) is 0.576. The van der Waals surface area contributed by atoms with Crippen molar-refractivity contribution in [2.24, 2.45) is 0 Å². The highest BCUT2D eigenvalue weighted by Crippen LogP contribution is 2.23. The highest BCUT2D eigenvalue weighted by Gasteiger charge is 2.12. The molecule has 3 heteroatoms. The summed E-state index contributed by atoms with van der Waals surface area (Å²) in [4.78, 5) is 0. The maximum absolute atomic E-state index is 9.02. The predicted octanol–water partition coefficient (Wildman–Crippen LogP) is 4.74. The lowest BCUT2D eigenvalue weighted by Gasteiger charge is -2.18. The van der Waals surface area contributed by atoms with E-state index in [1.165, 1.54) is 5.56 Å². The Morgan fingerprint density at radius 1 is 0.737 bits per heavy atom. The van der Waals surface area contributed by atoms with Gasteiger partial charge >= 0.3 is 0 Å². The molecule has 0 fully saturated rings. The van der Waals surface area contributed by atoms with Gasteiger partial charge in [-0.15, -0.1) is 0 Å². The summed E-state index contributed by atoms with van der Waals surface area (Å²) in [6, 6.07) is 13.7. The molecule has 0 aliphatic carbocycles. The van der Waals surface area contributed by atoms with Crippen molar-refractivity contribution in [3.63, 3.8) is 0 Å². The van der Waals surface area contributed by atoms with Gasteiger partial charge in [0.1, 0.15) is 11.5 Å². The van der Waals surface area contributed by atoms with E-state index < -0.39 is 0 Å². The number of hydrogen-bond donors (Lipinski definition) is 2. The number of aromatic hydroxyl groups is 2. The molecule has 102 valence electrons. The second-order valence-electron chi connectivity index (χ2n) is 5.27. The third-order valence-electron chi connectivity index (χ3n) is 2.56. The second-order valence-corrected chi connectivity index (χ2v) is 5.71. The first-order chi connectivity index (χ1) is 8.79. The number of hydrogen-bond acceptors (Lipinski definition) is 2. The normalized spacial score (nSPS) is 10.5. The third-order valence-corrected chi connectivity index (χ3v) is 2.81. The minimum atomic E-state index is 0.174. The second kappa shape index (κ2) is 6.48. The van der Waals surface area contributed by atoms with E-state index >= 15 is 0 Å². The Morgan fingerprint density at radius 2 is 1.11 bits per heavy atom. The molecule has 0 saturated heterocycles. The largest absolute Gasteiger partial charge is 0.508 e. The number of halogens is 1. The minimum absolute atomic E-state index is 0.174. The van der Waals surface area contributed by atoms with Gasteiger partial charge in [-0.25, -0.2) is 0 Å². The Bertz CT molecular complexity index is 475. The van der Waals surface area contributed by atoms with Crippen LogP contribution in [0.1, 0.15) is 26.3 Å². The van der Waals surface area contributed by atoms with Crippen LogP contribution in [-0.2, 0) is 5.41 Å². The highest BCUT2D eigenvalue weighted by atomic mass is 35.5. The Hall–Kier alpha value is -1.67. The van der Waals surface area contributed by atoms with Crippen LogP contribution in [0.15, 0.2) is 48.5 Å². The maximum atomic E-state index is 9.02. The van der Waals surface area contributed by atoms with Gasteiger partial charge in [0.2, 0.25) is 0 Å². The zero-order chi connectivity index (χ0) is 14.5. The van der Waals surface area contributed by atoms with Crippen molar-refractivity contribution >= 4 is 11.6 Å². The predicted molar refractivity (Wildman–Crippen MR) is 79.9 cm³/mol. The topological polar surface area (TPSA) is 40.5 Å². The molecule has 0 amide bonds. The molecule has 0 saturated carbocycles. The van der Waals surface area contributed by atoms with Crippen LogP contribution >= 0.6 is 11.6 Å². The lowest BCUT2D eigenvalue weighted by Crippen LogP contribution is -2.10. The molecule has 0 aromatic heterocycles. The summed E-state index contributed by atoms with van der Waals surface area (Å²) in [6.45, 7) is 6.46. The zero-order valence-corrected chi connectivity index (χ0v) is 12.1. The number of phenols is 2. The summed E-state index contributed by atoms with van der Waals surface area (Å²) < 4.78 is 0. The van der Waals surface area contributed by atoms with Crippen LogP contribution in [0.25, 0.3) is 0 Å². The number of phenolic OH excluding ortho intramolecular Hbond substituents is 2. The fourth-order valence-electron chi connectivity index (χ4n) is 1.40. The smallest absolute Gasteiger partial charge is 0.115 e. The monoisotopic (exact) mass is 278 g/mol. The van der Waals surface area contributed by atoms with E-state index in [1.807, 2.05) is 12.1 Å². The van der Waals surface area contributed by atoms with Crippen molar-refractivity contribution in [2.75, 3.05) is 0 Å². The van der Waals surface area contributed by atoms with Crippen molar-refractivity contribution in [3.05, 3.63) is 59.1 Å². The highest BCUT2D eigenvalue weighted by molar-refractivity contribution is 6.30. The molecule has 2 nitrogen and oxygen atoms in total. The van der Waals surface area contributed by atoms with E-state index in [2.05, 4.69) is 20.8 Å². The average molecular weight is 279 g/mol. The molecule has 2 aromatic carbocycles. The Labute approximate surface area is 119 Å². The van der Waals surface area contributed by atoms with Gasteiger partial charge in [0, 0.05) is 5.02 Å². The first-order valence-corrected chi connectivity index (χ1v) is 6.41. The lowest BCUT2D eigenvalue weighted by atomic mass is 9.87. The first-order valence-electron chi connectivity index (χ1n) is 6.03. The first kappa shape index (κ1) is 15.4.